The normalized spacial score (nSPS) is 16.6. The lowest BCUT2D eigenvalue weighted by Crippen LogP contribution is -2.22. The number of carbonyl (C=O) groups excluding carboxylic acids is 1. The molecule has 4 nitrogen and oxygen atoms in total. The molecule has 3 N–H and O–H groups in total. The van der Waals surface area contributed by atoms with Crippen molar-refractivity contribution in [3.05, 3.63) is 23.4 Å². The maximum absolute atomic E-state index is 12.6. The average molecular weight is 273 g/mol. The number of amides is 1. The summed E-state index contributed by atoms with van der Waals surface area (Å²) < 4.78 is 37.8. The number of aromatic nitrogens is 1. The minimum absolute atomic E-state index is 0.0140. The number of primary amides is 1. The number of anilines is 1. The van der Waals surface area contributed by atoms with Gasteiger partial charge in [0.05, 0.1) is 5.56 Å². The van der Waals surface area contributed by atoms with Gasteiger partial charge in [-0.1, -0.05) is 12.8 Å². The summed E-state index contributed by atoms with van der Waals surface area (Å²) in [5.74, 6) is -0.865. The lowest BCUT2D eigenvalue weighted by atomic mass is 10.2. The van der Waals surface area contributed by atoms with Crippen molar-refractivity contribution >= 4 is 11.7 Å². The Hall–Kier alpha value is -1.79. The summed E-state index contributed by atoms with van der Waals surface area (Å²) in [6.07, 6.45) is -0.792. The Bertz CT molecular complexity index is 482. The van der Waals surface area contributed by atoms with Crippen LogP contribution in [0.5, 0.6) is 0 Å². The van der Waals surface area contributed by atoms with Gasteiger partial charge in [-0.05, 0) is 25.0 Å². The summed E-state index contributed by atoms with van der Waals surface area (Å²) in [6.45, 7) is 0. The fourth-order valence-electron chi connectivity index (χ4n) is 2.19. The maximum Gasteiger partial charge on any atom is 0.433 e. The van der Waals surface area contributed by atoms with Gasteiger partial charge in [0.25, 0.3) is 5.91 Å². The van der Waals surface area contributed by atoms with Crippen LogP contribution in [0.1, 0.15) is 41.7 Å². The molecule has 2 rings (SSSR count). The third-order valence-electron chi connectivity index (χ3n) is 3.15. The quantitative estimate of drug-likeness (QED) is 0.889. The molecule has 1 aliphatic rings. The van der Waals surface area contributed by atoms with Gasteiger partial charge in [-0.3, -0.25) is 4.79 Å². The van der Waals surface area contributed by atoms with E-state index in [1.165, 1.54) is 0 Å². The fraction of sp³-hybridized carbons (Fsp3) is 0.500. The Kier molecular flexibility index (Phi) is 3.64. The van der Waals surface area contributed by atoms with Crippen molar-refractivity contribution in [3.8, 4) is 0 Å². The van der Waals surface area contributed by atoms with Gasteiger partial charge in [-0.2, -0.15) is 13.2 Å². The predicted octanol–water partition coefficient (Wildman–Crippen LogP) is 2.55. The highest BCUT2D eigenvalue weighted by molar-refractivity contribution is 5.97. The molecular formula is C12H14F3N3O. The van der Waals surface area contributed by atoms with E-state index in [-0.39, 0.29) is 17.4 Å². The Morgan fingerprint density at radius 3 is 2.47 bits per heavy atom. The number of alkyl halides is 3. The lowest BCUT2D eigenvalue weighted by molar-refractivity contribution is -0.141. The van der Waals surface area contributed by atoms with Crippen molar-refractivity contribution in [2.24, 2.45) is 5.73 Å². The molecule has 1 aromatic rings. The molecule has 104 valence electrons. The van der Waals surface area contributed by atoms with Crippen LogP contribution < -0.4 is 11.1 Å². The second kappa shape index (κ2) is 5.07. The summed E-state index contributed by atoms with van der Waals surface area (Å²) in [5, 5.41) is 2.89. The van der Waals surface area contributed by atoms with Gasteiger partial charge in [0.2, 0.25) is 0 Å². The highest BCUT2D eigenvalue weighted by atomic mass is 19.4. The van der Waals surface area contributed by atoms with Crippen molar-refractivity contribution < 1.29 is 18.0 Å². The summed E-state index contributed by atoms with van der Waals surface area (Å²) in [6, 6.07) is 1.88. The molecule has 1 fully saturated rings. The molecule has 0 saturated heterocycles. The highest BCUT2D eigenvalue weighted by Crippen LogP contribution is 2.30. The summed E-state index contributed by atoms with van der Waals surface area (Å²) in [5.41, 5.74) is 4.10. The molecule has 1 aromatic heterocycles. The molecule has 1 aliphatic carbocycles. The van der Waals surface area contributed by atoms with Crippen molar-refractivity contribution in [1.82, 2.24) is 4.98 Å². The molecule has 0 aromatic carbocycles. The van der Waals surface area contributed by atoms with Crippen LogP contribution in [0.25, 0.3) is 0 Å². The molecule has 0 aliphatic heterocycles. The van der Waals surface area contributed by atoms with Crippen molar-refractivity contribution in [3.63, 3.8) is 0 Å². The second-order valence-electron chi connectivity index (χ2n) is 4.58. The Morgan fingerprint density at radius 1 is 1.32 bits per heavy atom. The van der Waals surface area contributed by atoms with Crippen LogP contribution in [0.2, 0.25) is 0 Å². The van der Waals surface area contributed by atoms with E-state index in [9.17, 15) is 18.0 Å². The maximum atomic E-state index is 12.6. The molecule has 0 spiro atoms. The van der Waals surface area contributed by atoms with Crippen LogP contribution >= 0.6 is 0 Å². The number of halogens is 3. The third-order valence-corrected chi connectivity index (χ3v) is 3.15. The SMILES string of the molecule is NC(=O)c1ccc(C(F)(F)F)nc1NC1CCCC1. The van der Waals surface area contributed by atoms with Gasteiger partial charge in [0, 0.05) is 6.04 Å². The van der Waals surface area contributed by atoms with E-state index in [0.29, 0.717) is 0 Å². The topological polar surface area (TPSA) is 68.0 Å². The lowest BCUT2D eigenvalue weighted by Gasteiger charge is -2.16. The molecule has 0 bridgehead atoms. The van der Waals surface area contributed by atoms with E-state index >= 15 is 0 Å². The average Bonchev–Trinajstić information content (AvgIpc) is 2.80. The minimum atomic E-state index is -4.54. The second-order valence-corrected chi connectivity index (χ2v) is 4.58. The molecule has 19 heavy (non-hydrogen) atoms. The zero-order chi connectivity index (χ0) is 14.0. The Labute approximate surface area is 108 Å². The summed E-state index contributed by atoms with van der Waals surface area (Å²) in [4.78, 5) is 14.7. The highest BCUT2D eigenvalue weighted by Gasteiger charge is 2.33. The van der Waals surface area contributed by atoms with Gasteiger partial charge in [0.1, 0.15) is 11.5 Å². The fourth-order valence-corrected chi connectivity index (χ4v) is 2.19. The number of nitrogens with two attached hydrogens (primary N) is 1. The first-order valence-corrected chi connectivity index (χ1v) is 6.02. The first kappa shape index (κ1) is 13.6. The number of nitrogens with zero attached hydrogens (tertiary/aromatic N) is 1. The van der Waals surface area contributed by atoms with E-state index in [4.69, 9.17) is 5.73 Å². The smallest absolute Gasteiger partial charge is 0.367 e. The minimum Gasteiger partial charge on any atom is -0.367 e. The van der Waals surface area contributed by atoms with Gasteiger partial charge in [-0.25, -0.2) is 4.98 Å². The van der Waals surface area contributed by atoms with Crippen LogP contribution in [-0.2, 0) is 6.18 Å². The first-order chi connectivity index (χ1) is 8.88. The molecule has 0 atom stereocenters. The predicted molar refractivity (Wildman–Crippen MR) is 63.6 cm³/mol. The number of rotatable bonds is 3. The molecule has 1 amide bonds. The molecule has 7 heteroatoms. The van der Waals surface area contributed by atoms with Crippen molar-refractivity contribution in [2.75, 3.05) is 5.32 Å². The van der Waals surface area contributed by atoms with Crippen LogP contribution in [0.15, 0.2) is 12.1 Å². The Morgan fingerprint density at radius 2 is 1.95 bits per heavy atom. The largest absolute Gasteiger partial charge is 0.433 e. The van der Waals surface area contributed by atoms with E-state index in [1.54, 1.807) is 0 Å². The zero-order valence-electron chi connectivity index (χ0n) is 10.1. The van der Waals surface area contributed by atoms with Gasteiger partial charge in [-0.15, -0.1) is 0 Å². The van der Waals surface area contributed by atoms with Crippen LogP contribution in [-0.4, -0.2) is 16.9 Å². The van der Waals surface area contributed by atoms with Crippen LogP contribution in [0.3, 0.4) is 0 Å². The van der Waals surface area contributed by atoms with Crippen molar-refractivity contribution in [2.45, 2.75) is 37.9 Å². The molecule has 0 unspecified atom stereocenters. The van der Waals surface area contributed by atoms with Crippen molar-refractivity contribution in [1.29, 1.82) is 0 Å². The number of pyridine rings is 1. The van der Waals surface area contributed by atoms with E-state index in [2.05, 4.69) is 10.3 Å². The number of carbonyl (C=O) groups is 1. The van der Waals surface area contributed by atoms with Gasteiger partial charge >= 0.3 is 6.18 Å². The molecule has 1 saturated carbocycles. The summed E-state index contributed by atoms with van der Waals surface area (Å²) >= 11 is 0. The van der Waals surface area contributed by atoms with Crippen LogP contribution in [0.4, 0.5) is 19.0 Å². The van der Waals surface area contributed by atoms with Gasteiger partial charge < -0.3 is 11.1 Å². The monoisotopic (exact) mass is 273 g/mol. The molecule has 1 heterocycles. The summed E-state index contributed by atoms with van der Waals surface area (Å²) in [7, 11) is 0. The first-order valence-electron chi connectivity index (χ1n) is 6.02. The Balaban J connectivity index is 2.32. The standard InChI is InChI=1S/C12H14F3N3O/c13-12(14,15)9-6-5-8(10(16)19)11(18-9)17-7-3-1-2-4-7/h5-7H,1-4H2,(H2,16,19)(H,17,18). The number of nitrogens with one attached hydrogen (secondary N) is 1. The molecular weight excluding hydrogens is 259 g/mol. The number of hydrogen-bond acceptors (Lipinski definition) is 3. The van der Waals surface area contributed by atoms with E-state index in [0.717, 1.165) is 37.8 Å². The van der Waals surface area contributed by atoms with Gasteiger partial charge in [0.15, 0.2) is 0 Å². The number of hydrogen-bond donors (Lipinski definition) is 2. The molecule has 0 radical (unpaired) electrons. The zero-order valence-corrected chi connectivity index (χ0v) is 10.1. The van der Waals surface area contributed by atoms with Crippen LogP contribution in [0, 0.1) is 0 Å². The third kappa shape index (κ3) is 3.15. The van der Waals surface area contributed by atoms with E-state index < -0.39 is 17.8 Å². The van der Waals surface area contributed by atoms with E-state index in [1.807, 2.05) is 0 Å².